The summed E-state index contributed by atoms with van der Waals surface area (Å²) in [4.78, 5) is 0.201. The summed E-state index contributed by atoms with van der Waals surface area (Å²) in [5.74, 6) is 3.15. The summed E-state index contributed by atoms with van der Waals surface area (Å²) >= 11 is 0. The van der Waals surface area contributed by atoms with Crippen LogP contribution in [0.25, 0.3) is 0 Å². The van der Waals surface area contributed by atoms with Crippen molar-refractivity contribution in [2.75, 3.05) is 11.8 Å². The monoisotopic (exact) mass is 315 g/mol. The van der Waals surface area contributed by atoms with E-state index in [1.54, 1.807) is 49.6 Å². The molecule has 1 N–H and O–H groups in total. The summed E-state index contributed by atoms with van der Waals surface area (Å²) in [6.45, 7) is 1.90. The fourth-order valence-corrected chi connectivity index (χ4v) is 3.37. The molecule has 0 atom stereocenters. The second kappa shape index (κ2) is 6.54. The first-order valence-corrected chi connectivity index (χ1v) is 8.14. The van der Waals surface area contributed by atoms with Crippen molar-refractivity contribution in [3.63, 3.8) is 0 Å². The Kier molecular flexibility index (Phi) is 4.74. The molecule has 0 aliphatic carbocycles. The van der Waals surface area contributed by atoms with Crippen molar-refractivity contribution < 1.29 is 13.2 Å². The average Bonchev–Trinajstić information content (AvgIpc) is 2.48. The van der Waals surface area contributed by atoms with Gasteiger partial charge in [0.1, 0.15) is 5.75 Å². The van der Waals surface area contributed by atoms with E-state index in [1.165, 1.54) is 0 Å². The van der Waals surface area contributed by atoms with Crippen LogP contribution in [0.3, 0.4) is 0 Å². The molecule has 0 saturated carbocycles. The SMILES string of the molecule is C#CCc1cc(C)ccc1S(=O)(=O)Nc1ccc(OC)cc1. The summed E-state index contributed by atoms with van der Waals surface area (Å²) in [5.41, 5.74) is 2.05. The Hall–Kier alpha value is -2.45. The molecule has 0 aliphatic heterocycles. The fraction of sp³-hybridized carbons (Fsp3) is 0.176. The standard InChI is InChI=1S/C17H17NO3S/c1-4-5-14-12-13(2)6-11-17(14)22(19,20)18-15-7-9-16(21-3)10-8-15/h1,6-12,18H,5H2,2-3H3. The van der Waals surface area contributed by atoms with Gasteiger partial charge in [0, 0.05) is 12.1 Å². The molecular formula is C17H17NO3S. The van der Waals surface area contributed by atoms with Gasteiger partial charge in [0.2, 0.25) is 0 Å². The zero-order valence-corrected chi connectivity index (χ0v) is 13.3. The van der Waals surface area contributed by atoms with Gasteiger partial charge in [-0.15, -0.1) is 12.3 Å². The highest BCUT2D eigenvalue weighted by atomic mass is 32.2. The van der Waals surface area contributed by atoms with Crippen molar-refractivity contribution in [2.24, 2.45) is 0 Å². The number of nitrogens with one attached hydrogen (secondary N) is 1. The molecule has 0 aromatic heterocycles. The number of sulfonamides is 1. The second-order valence-electron chi connectivity index (χ2n) is 4.83. The normalized spacial score (nSPS) is 10.8. The van der Waals surface area contributed by atoms with Crippen molar-refractivity contribution in [3.05, 3.63) is 53.6 Å². The predicted molar refractivity (Wildman–Crippen MR) is 87.5 cm³/mol. The smallest absolute Gasteiger partial charge is 0.262 e. The highest BCUT2D eigenvalue weighted by Crippen LogP contribution is 2.22. The topological polar surface area (TPSA) is 55.4 Å². The summed E-state index contributed by atoms with van der Waals surface area (Å²) < 4.78 is 32.7. The third-order valence-corrected chi connectivity index (χ3v) is 4.62. The molecule has 0 fully saturated rings. The van der Waals surface area contributed by atoms with E-state index in [1.807, 2.05) is 6.92 Å². The molecule has 114 valence electrons. The second-order valence-corrected chi connectivity index (χ2v) is 6.48. The fourth-order valence-electron chi connectivity index (χ4n) is 2.09. The highest BCUT2D eigenvalue weighted by Gasteiger charge is 2.18. The molecule has 0 heterocycles. The third-order valence-electron chi connectivity index (χ3n) is 3.14. The van der Waals surface area contributed by atoms with Gasteiger partial charge in [0.05, 0.1) is 12.0 Å². The number of methoxy groups -OCH3 is 1. The Morgan fingerprint density at radius 1 is 1.18 bits per heavy atom. The molecule has 2 aromatic rings. The van der Waals surface area contributed by atoms with E-state index < -0.39 is 10.0 Å². The highest BCUT2D eigenvalue weighted by molar-refractivity contribution is 7.92. The lowest BCUT2D eigenvalue weighted by atomic mass is 10.1. The minimum Gasteiger partial charge on any atom is -0.497 e. The molecule has 0 amide bonds. The van der Waals surface area contributed by atoms with E-state index in [0.29, 0.717) is 17.0 Å². The summed E-state index contributed by atoms with van der Waals surface area (Å²) in [5, 5.41) is 0. The van der Waals surface area contributed by atoms with Crippen LogP contribution < -0.4 is 9.46 Å². The van der Waals surface area contributed by atoms with Crippen LogP contribution in [0.1, 0.15) is 11.1 Å². The number of benzene rings is 2. The maximum absolute atomic E-state index is 12.6. The van der Waals surface area contributed by atoms with E-state index in [0.717, 1.165) is 5.56 Å². The van der Waals surface area contributed by atoms with Crippen LogP contribution in [0.4, 0.5) is 5.69 Å². The van der Waals surface area contributed by atoms with Gasteiger partial charge in [-0.25, -0.2) is 8.42 Å². The zero-order chi connectivity index (χ0) is 16.2. The van der Waals surface area contributed by atoms with Gasteiger partial charge in [0.15, 0.2) is 0 Å². The van der Waals surface area contributed by atoms with E-state index >= 15 is 0 Å². The first-order valence-electron chi connectivity index (χ1n) is 6.66. The Morgan fingerprint density at radius 3 is 2.45 bits per heavy atom. The van der Waals surface area contributed by atoms with Crippen LogP contribution in [-0.2, 0) is 16.4 Å². The Bertz CT molecular complexity index is 803. The summed E-state index contributed by atoms with van der Waals surface area (Å²) in [6, 6.07) is 11.8. The van der Waals surface area contributed by atoms with Crippen LogP contribution in [0, 0.1) is 19.3 Å². The zero-order valence-electron chi connectivity index (χ0n) is 12.5. The maximum atomic E-state index is 12.6. The van der Waals surface area contributed by atoms with Crippen LogP contribution in [0.15, 0.2) is 47.4 Å². The molecule has 2 aromatic carbocycles. The van der Waals surface area contributed by atoms with Crippen molar-refractivity contribution >= 4 is 15.7 Å². The van der Waals surface area contributed by atoms with Gasteiger partial charge < -0.3 is 4.74 Å². The van der Waals surface area contributed by atoms with Crippen LogP contribution in [0.5, 0.6) is 5.75 Å². The van der Waals surface area contributed by atoms with Gasteiger partial charge in [-0.3, -0.25) is 4.72 Å². The minimum atomic E-state index is -3.69. The average molecular weight is 315 g/mol. The molecule has 0 spiro atoms. The lowest BCUT2D eigenvalue weighted by molar-refractivity contribution is 0.415. The Labute approximate surface area is 131 Å². The van der Waals surface area contributed by atoms with Gasteiger partial charge >= 0.3 is 0 Å². The van der Waals surface area contributed by atoms with Crippen LogP contribution >= 0.6 is 0 Å². The quantitative estimate of drug-likeness (QED) is 0.863. The van der Waals surface area contributed by atoms with Crippen LogP contribution in [-0.4, -0.2) is 15.5 Å². The van der Waals surface area contributed by atoms with Crippen LogP contribution in [0.2, 0.25) is 0 Å². The lowest BCUT2D eigenvalue weighted by Gasteiger charge is -2.12. The van der Waals surface area contributed by atoms with Crippen molar-refractivity contribution in [1.82, 2.24) is 0 Å². The lowest BCUT2D eigenvalue weighted by Crippen LogP contribution is -2.15. The third kappa shape index (κ3) is 3.60. The largest absolute Gasteiger partial charge is 0.497 e. The number of ether oxygens (including phenoxy) is 1. The maximum Gasteiger partial charge on any atom is 0.262 e. The van der Waals surface area contributed by atoms with Gasteiger partial charge in [0.25, 0.3) is 10.0 Å². The van der Waals surface area contributed by atoms with Gasteiger partial charge in [-0.05, 0) is 42.8 Å². The Morgan fingerprint density at radius 2 is 1.86 bits per heavy atom. The summed E-state index contributed by atoms with van der Waals surface area (Å²) in [7, 11) is -2.14. The molecule has 0 saturated heterocycles. The predicted octanol–water partition coefficient (Wildman–Crippen LogP) is 2.98. The number of aryl methyl sites for hydroxylation is 1. The Balaban J connectivity index is 2.35. The van der Waals surface area contributed by atoms with E-state index in [-0.39, 0.29) is 11.3 Å². The van der Waals surface area contributed by atoms with Gasteiger partial charge in [-0.1, -0.05) is 17.7 Å². The number of rotatable bonds is 5. The molecule has 5 heteroatoms. The molecule has 0 radical (unpaired) electrons. The van der Waals surface area contributed by atoms with Crippen molar-refractivity contribution in [3.8, 4) is 18.1 Å². The first kappa shape index (κ1) is 15.9. The van der Waals surface area contributed by atoms with E-state index in [9.17, 15) is 8.42 Å². The molecular weight excluding hydrogens is 298 g/mol. The minimum absolute atomic E-state index is 0.201. The molecule has 22 heavy (non-hydrogen) atoms. The molecule has 0 bridgehead atoms. The number of anilines is 1. The van der Waals surface area contributed by atoms with Crippen molar-refractivity contribution in [1.29, 1.82) is 0 Å². The first-order chi connectivity index (χ1) is 10.5. The summed E-state index contributed by atoms with van der Waals surface area (Å²) in [6.07, 6.45) is 5.59. The molecule has 0 aliphatic rings. The van der Waals surface area contributed by atoms with E-state index in [2.05, 4.69) is 10.6 Å². The molecule has 4 nitrogen and oxygen atoms in total. The molecule has 2 rings (SSSR count). The van der Waals surface area contributed by atoms with Gasteiger partial charge in [-0.2, -0.15) is 0 Å². The van der Waals surface area contributed by atoms with E-state index in [4.69, 9.17) is 11.2 Å². The number of hydrogen-bond acceptors (Lipinski definition) is 3. The number of terminal acetylenes is 1. The van der Waals surface area contributed by atoms with Crippen molar-refractivity contribution in [2.45, 2.75) is 18.2 Å². The number of hydrogen-bond donors (Lipinski definition) is 1. The molecule has 0 unspecified atom stereocenters.